The van der Waals surface area contributed by atoms with E-state index in [1.807, 2.05) is 40.1 Å². The molecule has 1 aromatic heterocycles. The molecule has 2 rings (SSSR count). The first kappa shape index (κ1) is 15.9. The summed E-state index contributed by atoms with van der Waals surface area (Å²) in [5, 5.41) is 12.8. The third-order valence-corrected chi connectivity index (χ3v) is 4.89. The predicted molar refractivity (Wildman–Crippen MR) is 90.8 cm³/mol. The number of halogens is 1. The molecule has 1 heterocycles. The number of hydrogen-bond donors (Lipinski definition) is 0. The Kier molecular flexibility index (Phi) is 5.29. The largest absolute Gasteiger partial charge is 0.341 e. The molecule has 5 nitrogen and oxygen atoms in total. The van der Waals surface area contributed by atoms with Crippen LogP contribution in [0.25, 0.3) is 0 Å². The lowest BCUT2D eigenvalue weighted by atomic mass is 10.1. The molecule has 0 aliphatic rings. The fourth-order valence-electron chi connectivity index (χ4n) is 1.83. The Balaban J connectivity index is 2.11. The number of thiophene rings is 1. The number of carbonyl (C=O) groups is 1. The second-order valence-corrected chi connectivity index (χ2v) is 6.67. The first-order valence-corrected chi connectivity index (χ1v) is 8.16. The van der Waals surface area contributed by atoms with Crippen LogP contribution in [-0.4, -0.2) is 29.3 Å². The molecule has 0 N–H and O–H groups in total. The van der Waals surface area contributed by atoms with Crippen LogP contribution in [0.15, 0.2) is 35.7 Å². The van der Waals surface area contributed by atoms with Gasteiger partial charge < -0.3 is 4.90 Å². The molecule has 1 amide bonds. The van der Waals surface area contributed by atoms with E-state index in [1.165, 1.54) is 17.0 Å². The summed E-state index contributed by atoms with van der Waals surface area (Å²) in [6.45, 7) is 0.581. The first-order chi connectivity index (χ1) is 9.99. The number of benzene rings is 1. The van der Waals surface area contributed by atoms with Crippen LogP contribution in [0.1, 0.15) is 15.2 Å². The third-order valence-electron chi connectivity index (χ3n) is 3.01. The highest BCUT2D eigenvalue weighted by Crippen LogP contribution is 2.21. The lowest BCUT2D eigenvalue weighted by molar-refractivity contribution is -0.384. The molecule has 2 aromatic rings. The fraction of sp³-hybridized carbons (Fsp3) is 0.214. The molecular formula is C14H13IN2O3S. The van der Waals surface area contributed by atoms with E-state index in [-0.39, 0.29) is 11.6 Å². The molecule has 0 bridgehead atoms. The predicted octanol–water partition coefficient (Wildman–Crippen LogP) is 3.58. The number of amides is 1. The minimum absolute atomic E-state index is 0.0644. The van der Waals surface area contributed by atoms with Gasteiger partial charge in [0.05, 0.1) is 10.5 Å². The number of hydrogen-bond acceptors (Lipinski definition) is 4. The summed E-state index contributed by atoms with van der Waals surface area (Å²) in [6.07, 6.45) is 0.783. The van der Waals surface area contributed by atoms with Crippen molar-refractivity contribution in [3.8, 4) is 0 Å². The van der Waals surface area contributed by atoms with Gasteiger partial charge in [0, 0.05) is 34.2 Å². The Labute approximate surface area is 139 Å². The number of nitro benzene ring substituents is 1. The lowest BCUT2D eigenvalue weighted by Gasteiger charge is -2.17. The average molecular weight is 416 g/mol. The number of carbonyl (C=O) groups excluding carboxylic acids is 1. The average Bonchev–Trinajstić information content (AvgIpc) is 2.97. The molecule has 0 saturated heterocycles. The topological polar surface area (TPSA) is 63.5 Å². The van der Waals surface area contributed by atoms with Gasteiger partial charge in [-0.25, -0.2) is 0 Å². The summed E-state index contributed by atoms with van der Waals surface area (Å²) in [6, 6.07) is 8.35. The van der Waals surface area contributed by atoms with Crippen molar-refractivity contribution in [2.45, 2.75) is 6.42 Å². The number of nitro groups is 1. The highest BCUT2D eigenvalue weighted by molar-refractivity contribution is 14.1. The number of rotatable bonds is 5. The third kappa shape index (κ3) is 4.01. The summed E-state index contributed by atoms with van der Waals surface area (Å²) in [5.41, 5.74) is 0.309. The van der Waals surface area contributed by atoms with Crippen LogP contribution in [0.5, 0.6) is 0 Å². The highest BCUT2D eigenvalue weighted by atomic mass is 127. The maximum Gasteiger partial charge on any atom is 0.270 e. The molecule has 7 heteroatoms. The van der Waals surface area contributed by atoms with Crippen molar-refractivity contribution in [1.29, 1.82) is 0 Å². The van der Waals surface area contributed by atoms with E-state index in [1.54, 1.807) is 29.4 Å². The van der Waals surface area contributed by atoms with Gasteiger partial charge in [-0.1, -0.05) is 6.07 Å². The highest BCUT2D eigenvalue weighted by Gasteiger charge is 2.18. The Morgan fingerprint density at radius 3 is 2.81 bits per heavy atom. The molecule has 0 saturated carbocycles. The van der Waals surface area contributed by atoms with E-state index in [2.05, 4.69) is 0 Å². The normalized spacial score (nSPS) is 10.4. The standard InChI is InChI=1S/C14H13IN2O3S/c1-16(7-6-11-3-2-8-21-11)14(18)12-9-10(17(19)20)4-5-13(12)15/h2-5,8-9H,6-7H2,1H3. The van der Waals surface area contributed by atoms with Gasteiger partial charge in [-0.3, -0.25) is 14.9 Å². The van der Waals surface area contributed by atoms with Crippen LogP contribution in [0, 0.1) is 13.7 Å². The molecule has 0 radical (unpaired) electrons. The summed E-state index contributed by atoms with van der Waals surface area (Å²) >= 11 is 3.67. The van der Waals surface area contributed by atoms with Gasteiger partial charge in [0.25, 0.3) is 11.6 Å². The zero-order valence-electron chi connectivity index (χ0n) is 11.3. The molecule has 21 heavy (non-hydrogen) atoms. The summed E-state index contributed by atoms with van der Waals surface area (Å²) in [7, 11) is 1.71. The minimum atomic E-state index is -0.488. The fourth-order valence-corrected chi connectivity index (χ4v) is 3.10. The maximum atomic E-state index is 12.4. The second-order valence-electron chi connectivity index (χ2n) is 4.48. The van der Waals surface area contributed by atoms with E-state index in [0.29, 0.717) is 15.7 Å². The van der Waals surface area contributed by atoms with Gasteiger partial charge in [0.2, 0.25) is 0 Å². The summed E-state index contributed by atoms with van der Waals surface area (Å²) < 4.78 is 0.714. The Morgan fingerprint density at radius 2 is 2.19 bits per heavy atom. The van der Waals surface area contributed by atoms with Crippen molar-refractivity contribution in [1.82, 2.24) is 4.90 Å². The zero-order chi connectivity index (χ0) is 15.4. The van der Waals surface area contributed by atoms with E-state index in [0.717, 1.165) is 6.42 Å². The van der Waals surface area contributed by atoms with Gasteiger partial charge >= 0.3 is 0 Å². The van der Waals surface area contributed by atoms with Crippen LogP contribution in [-0.2, 0) is 6.42 Å². The van der Waals surface area contributed by atoms with Crippen molar-refractivity contribution in [3.63, 3.8) is 0 Å². The number of non-ortho nitro benzene ring substituents is 1. The Hall–Kier alpha value is -1.48. The molecular weight excluding hydrogens is 403 g/mol. The van der Waals surface area contributed by atoms with Crippen LogP contribution < -0.4 is 0 Å². The van der Waals surface area contributed by atoms with E-state index in [9.17, 15) is 14.9 Å². The molecule has 0 spiro atoms. The molecule has 0 aliphatic carbocycles. The SMILES string of the molecule is CN(CCc1cccs1)C(=O)c1cc([N+](=O)[O-])ccc1I. The number of likely N-dealkylation sites (N-methyl/N-ethyl adjacent to an activating group) is 1. The zero-order valence-corrected chi connectivity index (χ0v) is 14.3. The van der Waals surface area contributed by atoms with Gasteiger partial charge in [0.15, 0.2) is 0 Å². The van der Waals surface area contributed by atoms with Crippen LogP contribution in [0.4, 0.5) is 5.69 Å². The van der Waals surface area contributed by atoms with E-state index in [4.69, 9.17) is 0 Å². The summed E-state index contributed by atoms with van der Waals surface area (Å²) in [5.74, 6) is -0.195. The van der Waals surface area contributed by atoms with E-state index >= 15 is 0 Å². The van der Waals surface area contributed by atoms with Crippen molar-refractivity contribution >= 4 is 45.5 Å². The first-order valence-electron chi connectivity index (χ1n) is 6.21. The van der Waals surface area contributed by atoms with Crippen LogP contribution in [0.3, 0.4) is 0 Å². The molecule has 0 fully saturated rings. The van der Waals surface area contributed by atoms with Gasteiger partial charge in [0.1, 0.15) is 0 Å². The lowest BCUT2D eigenvalue weighted by Crippen LogP contribution is -2.29. The van der Waals surface area contributed by atoms with E-state index < -0.39 is 4.92 Å². The van der Waals surface area contributed by atoms with Gasteiger partial charge in [-0.15, -0.1) is 11.3 Å². The van der Waals surface area contributed by atoms with Crippen LogP contribution >= 0.6 is 33.9 Å². The quantitative estimate of drug-likeness (QED) is 0.425. The van der Waals surface area contributed by atoms with Crippen LogP contribution in [0.2, 0.25) is 0 Å². The van der Waals surface area contributed by atoms with Crippen molar-refractivity contribution in [2.24, 2.45) is 0 Å². The minimum Gasteiger partial charge on any atom is -0.341 e. The van der Waals surface area contributed by atoms with Gasteiger partial charge in [-0.05, 0) is 46.5 Å². The molecule has 110 valence electrons. The maximum absolute atomic E-state index is 12.4. The molecule has 0 aliphatic heterocycles. The number of nitrogens with zero attached hydrogens (tertiary/aromatic N) is 2. The van der Waals surface area contributed by atoms with Gasteiger partial charge in [-0.2, -0.15) is 0 Å². The summed E-state index contributed by atoms with van der Waals surface area (Å²) in [4.78, 5) is 25.5. The van der Waals surface area contributed by atoms with Crippen molar-refractivity contribution in [2.75, 3.05) is 13.6 Å². The van der Waals surface area contributed by atoms with Crippen molar-refractivity contribution in [3.05, 3.63) is 59.8 Å². The molecule has 1 aromatic carbocycles. The van der Waals surface area contributed by atoms with Crippen molar-refractivity contribution < 1.29 is 9.72 Å². The second kappa shape index (κ2) is 6.99. The Morgan fingerprint density at radius 1 is 1.43 bits per heavy atom. The molecule has 0 atom stereocenters. The molecule has 0 unspecified atom stereocenters. The monoisotopic (exact) mass is 416 g/mol. The smallest absolute Gasteiger partial charge is 0.270 e. The Bertz CT molecular complexity index is 658.